The van der Waals surface area contributed by atoms with Crippen LogP contribution in [-0.4, -0.2) is 43.0 Å². The first kappa shape index (κ1) is 18.9. The first-order valence-corrected chi connectivity index (χ1v) is 10.2. The summed E-state index contributed by atoms with van der Waals surface area (Å²) in [5.41, 5.74) is 2.56. The van der Waals surface area contributed by atoms with Crippen molar-refractivity contribution in [3.05, 3.63) is 59.9 Å². The van der Waals surface area contributed by atoms with Crippen molar-refractivity contribution in [2.45, 2.75) is 32.2 Å². The van der Waals surface area contributed by atoms with Gasteiger partial charge in [0.1, 0.15) is 5.82 Å². The SMILES string of the molecule is CC(Cc1ccccc1F)C(=O)Nc1ccc(N2CCN(C3CC3)CC2)cc1. The van der Waals surface area contributed by atoms with Gasteiger partial charge in [-0.25, -0.2) is 4.39 Å². The predicted molar refractivity (Wildman–Crippen MR) is 111 cm³/mol. The third kappa shape index (κ3) is 4.53. The van der Waals surface area contributed by atoms with Crippen molar-refractivity contribution in [3.63, 3.8) is 0 Å². The molecule has 4 rings (SSSR count). The van der Waals surface area contributed by atoms with Gasteiger partial charge in [-0.3, -0.25) is 9.69 Å². The molecule has 1 N–H and O–H groups in total. The number of nitrogens with zero attached hydrogens (tertiary/aromatic N) is 2. The number of benzene rings is 2. The van der Waals surface area contributed by atoms with E-state index in [1.165, 1.54) is 24.6 Å². The molecule has 1 saturated carbocycles. The minimum atomic E-state index is -0.299. The Morgan fingerprint density at radius 2 is 1.75 bits per heavy atom. The molecule has 1 heterocycles. The molecule has 148 valence electrons. The maximum atomic E-state index is 13.8. The second kappa shape index (κ2) is 8.31. The zero-order chi connectivity index (χ0) is 19.5. The molecule has 2 aliphatic rings. The van der Waals surface area contributed by atoms with Crippen LogP contribution in [0.1, 0.15) is 25.3 Å². The molecule has 4 nitrogen and oxygen atoms in total. The number of halogens is 1. The average molecular weight is 381 g/mol. The molecule has 0 aromatic heterocycles. The molecule has 1 unspecified atom stereocenters. The summed E-state index contributed by atoms with van der Waals surface area (Å²) in [5.74, 6) is -0.644. The highest BCUT2D eigenvalue weighted by atomic mass is 19.1. The monoisotopic (exact) mass is 381 g/mol. The van der Waals surface area contributed by atoms with E-state index < -0.39 is 0 Å². The Morgan fingerprint density at radius 3 is 2.39 bits per heavy atom. The van der Waals surface area contributed by atoms with Crippen LogP contribution >= 0.6 is 0 Å². The van der Waals surface area contributed by atoms with Gasteiger partial charge in [0.2, 0.25) is 5.91 Å². The standard InChI is InChI=1S/C23H28FN3O/c1-17(16-18-4-2-3-5-22(18)24)23(28)25-19-6-8-20(9-7-19)26-12-14-27(15-13-26)21-10-11-21/h2-9,17,21H,10-16H2,1H3,(H,25,28). The minimum Gasteiger partial charge on any atom is -0.369 e. The molecule has 2 aromatic rings. The van der Waals surface area contributed by atoms with Crippen LogP contribution in [0.3, 0.4) is 0 Å². The van der Waals surface area contributed by atoms with Crippen LogP contribution in [0.15, 0.2) is 48.5 Å². The Hall–Kier alpha value is -2.40. The van der Waals surface area contributed by atoms with Gasteiger partial charge in [-0.2, -0.15) is 0 Å². The van der Waals surface area contributed by atoms with E-state index in [4.69, 9.17) is 0 Å². The zero-order valence-electron chi connectivity index (χ0n) is 16.4. The highest BCUT2D eigenvalue weighted by molar-refractivity contribution is 5.92. The molecule has 5 heteroatoms. The van der Waals surface area contributed by atoms with Crippen LogP contribution < -0.4 is 10.2 Å². The summed E-state index contributed by atoms with van der Waals surface area (Å²) < 4.78 is 13.8. The van der Waals surface area contributed by atoms with Crippen molar-refractivity contribution in [2.24, 2.45) is 5.92 Å². The summed E-state index contributed by atoms with van der Waals surface area (Å²) in [6.07, 6.45) is 3.12. The lowest BCUT2D eigenvalue weighted by Crippen LogP contribution is -2.47. The maximum Gasteiger partial charge on any atom is 0.227 e. The number of hydrogen-bond donors (Lipinski definition) is 1. The smallest absolute Gasteiger partial charge is 0.227 e. The predicted octanol–water partition coefficient (Wildman–Crippen LogP) is 3.93. The fourth-order valence-electron chi connectivity index (χ4n) is 3.89. The molecular weight excluding hydrogens is 353 g/mol. The minimum absolute atomic E-state index is 0.0888. The van der Waals surface area contributed by atoms with Gasteiger partial charge in [0, 0.05) is 49.5 Å². The molecule has 28 heavy (non-hydrogen) atoms. The molecular formula is C23H28FN3O. The van der Waals surface area contributed by atoms with Crippen LogP contribution in [0.5, 0.6) is 0 Å². The van der Waals surface area contributed by atoms with Gasteiger partial charge in [-0.05, 0) is 55.2 Å². The molecule has 0 radical (unpaired) electrons. The lowest BCUT2D eigenvalue weighted by atomic mass is 10.00. The summed E-state index contributed by atoms with van der Waals surface area (Å²) >= 11 is 0. The van der Waals surface area contributed by atoms with Gasteiger partial charge >= 0.3 is 0 Å². The van der Waals surface area contributed by atoms with E-state index in [0.717, 1.165) is 37.9 Å². The van der Waals surface area contributed by atoms with E-state index in [1.54, 1.807) is 18.2 Å². The van der Waals surface area contributed by atoms with Crippen LogP contribution in [-0.2, 0) is 11.2 Å². The number of piperazine rings is 1. The largest absolute Gasteiger partial charge is 0.369 e. The summed E-state index contributed by atoms with van der Waals surface area (Å²) in [4.78, 5) is 17.5. The summed E-state index contributed by atoms with van der Waals surface area (Å²) in [6.45, 7) is 6.21. The molecule has 0 spiro atoms. The summed E-state index contributed by atoms with van der Waals surface area (Å²) in [5, 5.41) is 2.95. The van der Waals surface area contributed by atoms with E-state index in [9.17, 15) is 9.18 Å². The average Bonchev–Trinajstić information content (AvgIpc) is 3.56. The number of carbonyl (C=O) groups is 1. The van der Waals surface area contributed by atoms with Crippen molar-refractivity contribution >= 4 is 17.3 Å². The van der Waals surface area contributed by atoms with Crippen molar-refractivity contribution in [2.75, 3.05) is 36.4 Å². The summed E-state index contributed by atoms with van der Waals surface area (Å²) in [6, 6.07) is 15.5. The quantitative estimate of drug-likeness (QED) is 0.824. The third-order valence-electron chi connectivity index (χ3n) is 5.81. The number of carbonyl (C=O) groups excluding carboxylic acids is 1. The first-order valence-electron chi connectivity index (χ1n) is 10.2. The Bertz CT molecular complexity index is 811. The number of amides is 1. The second-order valence-electron chi connectivity index (χ2n) is 7.99. The van der Waals surface area contributed by atoms with Crippen molar-refractivity contribution in [1.29, 1.82) is 0 Å². The van der Waals surface area contributed by atoms with Gasteiger partial charge in [-0.15, -0.1) is 0 Å². The van der Waals surface area contributed by atoms with Crippen molar-refractivity contribution in [1.82, 2.24) is 4.90 Å². The van der Waals surface area contributed by atoms with Gasteiger partial charge in [-0.1, -0.05) is 25.1 Å². The fourth-order valence-corrected chi connectivity index (χ4v) is 3.89. The zero-order valence-corrected chi connectivity index (χ0v) is 16.4. The lowest BCUT2D eigenvalue weighted by molar-refractivity contribution is -0.119. The van der Waals surface area contributed by atoms with E-state index >= 15 is 0 Å². The second-order valence-corrected chi connectivity index (χ2v) is 7.99. The maximum absolute atomic E-state index is 13.8. The molecule has 1 aliphatic heterocycles. The van der Waals surface area contributed by atoms with Crippen molar-refractivity contribution in [3.8, 4) is 0 Å². The van der Waals surface area contributed by atoms with Gasteiger partial charge in [0.05, 0.1) is 0 Å². The lowest BCUT2D eigenvalue weighted by Gasteiger charge is -2.36. The Balaban J connectivity index is 1.30. The van der Waals surface area contributed by atoms with Crippen LogP contribution in [0.25, 0.3) is 0 Å². The van der Waals surface area contributed by atoms with E-state index in [-0.39, 0.29) is 17.6 Å². The van der Waals surface area contributed by atoms with Crippen LogP contribution in [0.2, 0.25) is 0 Å². The van der Waals surface area contributed by atoms with Crippen molar-refractivity contribution < 1.29 is 9.18 Å². The first-order chi connectivity index (χ1) is 13.6. The molecule has 0 bridgehead atoms. The Labute approximate surface area is 166 Å². The normalized spacial score (nSPS) is 18.7. The topological polar surface area (TPSA) is 35.6 Å². The number of anilines is 2. The van der Waals surface area contributed by atoms with E-state index in [2.05, 4.69) is 27.2 Å². The van der Waals surface area contributed by atoms with E-state index in [0.29, 0.717) is 12.0 Å². The molecule has 2 fully saturated rings. The van der Waals surface area contributed by atoms with Gasteiger partial charge in [0.25, 0.3) is 0 Å². The van der Waals surface area contributed by atoms with Crippen LogP contribution in [0.4, 0.5) is 15.8 Å². The highest BCUT2D eigenvalue weighted by Crippen LogP contribution is 2.28. The number of nitrogens with one attached hydrogen (secondary N) is 1. The molecule has 1 aliphatic carbocycles. The number of hydrogen-bond acceptors (Lipinski definition) is 3. The number of rotatable bonds is 6. The molecule has 1 saturated heterocycles. The summed E-state index contributed by atoms with van der Waals surface area (Å²) in [7, 11) is 0. The third-order valence-corrected chi connectivity index (χ3v) is 5.81. The van der Waals surface area contributed by atoms with E-state index in [1.807, 2.05) is 19.1 Å². The van der Waals surface area contributed by atoms with Gasteiger partial charge in [0.15, 0.2) is 0 Å². The Kier molecular flexibility index (Phi) is 5.62. The van der Waals surface area contributed by atoms with Gasteiger partial charge < -0.3 is 10.2 Å². The Morgan fingerprint density at radius 1 is 1.07 bits per heavy atom. The van der Waals surface area contributed by atoms with Crippen LogP contribution in [0, 0.1) is 11.7 Å². The highest BCUT2D eigenvalue weighted by Gasteiger charge is 2.31. The molecule has 1 atom stereocenters. The fraction of sp³-hybridized carbons (Fsp3) is 0.435. The molecule has 1 amide bonds. The molecule has 2 aromatic carbocycles.